The summed E-state index contributed by atoms with van der Waals surface area (Å²) in [6, 6.07) is 0.373. The second-order valence-electron chi connectivity index (χ2n) is 6.41. The molecular weight excluding hydrogens is 266 g/mol. The SMILES string of the molecule is Nc1ncnc2c1ncn2[C@H]1CCC[C@H]2[C@@H]1CCC[C@H]2O. The topological polar surface area (TPSA) is 89.9 Å². The van der Waals surface area contributed by atoms with E-state index in [9.17, 15) is 5.11 Å². The maximum atomic E-state index is 10.3. The molecule has 4 atom stereocenters. The molecule has 2 aliphatic carbocycles. The van der Waals surface area contributed by atoms with E-state index in [2.05, 4.69) is 19.5 Å². The third kappa shape index (κ3) is 2.00. The predicted octanol–water partition coefficient (Wildman–Crippen LogP) is 1.91. The number of rotatable bonds is 1. The molecule has 112 valence electrons. The molecule has 2 fully saturated rings. The Bertz CT molecular complexity index is 655. The van der Waals surface area contributed by atoms with Crippen LogP contribution < -0.4 is 5.73 Å². The summed E-state index contributed by atoms with van der Waals surface area (Å²) in [5.74, 6) is 1.39. The molecule has 0 aliphatic heterocycles. The average Bonchev–Trinajstić information content (AvgIpc) is 2.92. The Hall–Kier alpha value is -1.69. The van der Waals surface area contributed by atoms with Gasteiger partial charge in [-0.1, -0.05) is 12.8 Å². The molecule has 0 aromatic carbocycles. The van der Waals surface area contributed by atoms with Crippen molar-refractivity contribution in [2.45, 2.75) is 50.7 Å². The molecule has 0 spiro atoms. The van der Waals surface area contributed by atoms with Crippen molar-refractivity contribution in [1.82, 2.24) is 19.5 Å². The Labute approximate surface area is 123 Å². The summed E-state index contributed by atoms with van der Waals surface area (Å²) >= 11 is 0. The normalized spacial score (nSPS) is 33.0. The highest BCUT2D eigenvalue weighted by Crippen LogP contribution is 2.46. The van der Waals surface area contributed by atoms with Gasteiger partial charge in [-0.3, -0.25) is 0 Å². The second kappa shape index (κ2) is 4.94. The lowest BCUT2D eigenvalue weighted by molar-refractivity contribution is -0.0111. The van der Waals surface area contributed by atoms with Crippen molar-refractivity contribution in [3.05, 3.63) is 12.7 Å². The summed E-state index contributed by atoms with van der Waals surface area (Å²) < 4.78 is 2.17. The van der Waals surface area contributed by atoms with Crippen LogP contribution in [0.1, 0.15) is 44.6 Å². The third-order valence-electron chi connectivity index (χ3n) is 5.36. The number of aliphatic hydroxyl groups excluding tert-OH is 1. The van der Waals surface area contributed by atoms with Crippen LogP contribution in [0.3, 0.4) is 0 Å². The van der Waals surface area contributed by atoms with Crippen molar-refractivity contribution in [3.8, 4) is 0 Å². The number of hydrogen-bond donors (Lipinski definition) is 2. The summed E-state index contributed by atoms with van der Waals surface area (Å²) in [7, 11) is 0. The number of nitrogens with zero attached hydrogens (tertiary/aromatic N) is 4. The number of aromatic nitrogens is 4. The number of hydrogen-bond acceptors (Lipinski definition) is 5. The molecule has 3 N–H and O–H groups in total. The molecule has 0 amide bonds. The van der Waals surface area contributed by atoms with E-state index in [1.54, 1.807) is 0 Å². The largest absolute Gasteiger partial charge is 0.393 e. The second-order valence-corrected chi connectivity index (χ2v) is 6.41. The van der Waals surface area contributed by atoms with Gasteiger partial charge in [0.1, 0.15) is 11.8 Å². The Morgan fingerprint density at radius 2 is 1.86 bits per heavy atom. The quantitative estimate of drug-likeness (QED) is 0.836. The molecule has 2 saturated carbocycles. The van der Waals surface area contributed by atoms with Crippen LogP contribution in [0.4, 0.5) is 5.82 Å². The van der Waals surface area contributed by atoms with E-state index in [1.807, 2.05) is 6.33 Å². The molecule has 0 unspecified atom stereocenters. The zero-order valence-corrected chi connectivity index (χ0v) is 12.0. The maximum Gasteiger partial charge on any atom is 0.165 e. The fourth-order valence-electron chi connectivity index (χ4n) is 4.40. The molecule has 2 aromatic rings. The summed E-state index contributed by atoms with van der Waals surface area (Å²) in [6.07, 6.45) is 9.90. The monoisotopic (exact) mass is 287 g/mol. The van der Waals surface area contributed by atoms with E-state index in [4.69, 9.17) is 5.73 Å². The van der Waals surface area contributed by atoms with Gasteiger partial charge in [-0.15, -0.1) is 0 Å². The maximum absolute atomic E-state index is 10.3. The molecule has 6 heteroatoms. The highest BCUT2D eigenvalue weighted by Gasteiger charge is 2.40. The summed E-state index contributed by atoms with van der Waals surface area (Å²) in [6.45, 7) is 0. The van der Waals surface area contributed by atoms with Gasteiger partial charge in [0.25, 0.3) is 0 Å². The van der Waals surface area contributed by atoms with E-state index in [0.717, 1.165) is 37.8 Å². The highest BCUT2D eigenvalue weighted by molar-refractivity contribution is 5.81. The molecule has 2 heterocycles. The van der Waals surface area contributed by atoms with Crippen molar-refractivity contribution in [2.75, 3.05) is 5.73 Å². The van der Waals surface area contributed by atoms with Crippen LogP contribution in [0.2, 0.25) is 0 Å². The van der Waals surface area contributed by atoms with E-state index in [-0.39, 0.29) is 6.10 Å². The number of nitrogens with two attached hydrogens (primary N) is 1. The summed E-state index contributed by atoms with van der Waals surface area (Å²) in [5, 5.41) is 10.3. The Kier molecular flexibility index (Phi) is 3.06. The first kappa shape index (κ1) is 13.0. The zero-order chi connectivity index (χ0) is 14.4. The van der Waals surface area contributed by atoms with Gasteiger partial charge in [-0.2, -0.15) is 0 Å². The van der Waals surface area contributed by atoms with Gasteiger partial charge in [0.15, 0.2) is 11.5 Å². The summed E-state index contributed by atoms with van der Waals surface area (Å²) in [5.41, 5.74) is 7.40. The molecule has 0 radical (unpaired) electrons. The minimum Gasteiger partial charge on any atom is -0.393 e. The van der Waals surface area contributed by atoms with Gasteiger partial charge in [0, 0.05) is 6.04 Å². The molecule has 21 heavy (non-hydrogen) atoms. The Morgan fingerprint density at radius 1 is 1.05 bits per heavy atom. The summed E-state index contributed by atoms with van der Waals surface area (Å²) in [4.78, 5) is 12.8. The van der Waals surface area contributed by atoms with Crippen molar-refractivity contribution >= 4 is 17.0 Å². The fourth-order valence-corrected chi connectivity index (χ4v) is 4.40. The fraction of sp³-hybridized carbons (Fsp3) is 0.667. The lowest BCUT2D eigenvalue weighted by Gasteiger charge is -2.44. The van der Waals surface area contributed by atoms with Gasteiger partial charge in [-0.05, 0) is 37.5 Å². The van der Waals surface area contributed by atoms with Gasteiger partial charge >= 0.3 is 0 Å². The van der Waals surface area contributed by atoms with E-state index < -0.39 is 0 Å². The minimum atomic E-state index is -0.138. The van der Waals surface area contributed by atoms with Crippen LogP contribution in [0.15, 0.2) is 12.7 Å². The minimum absolute atomic E-state index is 0.138. The Balaban J connectivity index is 1.75. The molecule has 6 nitrogen and oxygen atoms in total. The molecule has 2 aromatic heterocycles. The smallest absolute Gasteiger partial charge is 0.165 e. The van der Waals surface area contributed by atoms with Crippen LogP contribution in [-0.2, 0) is 0 Å². The predicted molar refractivity (Wildman–Crippen MR) is 79.5 cm³/mol. The molecule has 4 rings (SSSR count). The van der Waals surface area contributed by atoms with Crippen molar-refractivity contribution in [2.24, 2.45) is 11.8 Å². The van der Waals surface area contributed by atoms with Crippen LogP contribution >= 0.6 is 0 Å². The van der Waals surface area contributed by atoms with Crippen molar-refractivity contribution in [3.63, 3.8) is 0 Å². The van der Waals surface area contributed by atoms with Crippen LogP contribution in [0.25, 0.3) is 11.2 Å². The first-order valence-corrected chi connectivity index (χ1v) is 7.87. The Morgan fingerprint density at radius 3 is 2.76 bits per heavy atom. The van der Waals surface area contributed by atoms with Gasteiger partial charge in [0.05, 0.1) is 12.4 Å². The van der Waals surface area contributed by atoms with E-state index in [0.29, 0.717) is 29.2 Å². The third-order valence-corrected chi connectivity index (χ3v) is 5.36. The zero-order valence-electron chi connectivity index (χ0n) is 12.0. The average molecular weight is 287 g/mol. The van der Waals surface area contributed by atoms with Crippen LogP contribution in [-0.4, -0.2) is 30.7 Å². The lowest BCUT2D eigenvalue weighted by Crippen LogP contribution is -2.40. The molecular formula is C15H21N5O. The number of imidazole rings is 1. The number of anilines is 1. The van der Waals surface area contributed by atoms with E-state index in [1.165, 1.54) is 12.7 Å². The number of aliphatic hydroxyl groups is 1. The highest BCUT2D eigenvalue weighted by atomic mass is 16.3. The van der Waals surface area contributed by atoms with Gasteiger partial charge in [-0.25, -0.2) is 15.0 Å². The molecule has 0 saturated heterocycles. The first-order chi connectivity index (χ1) is 10.3. The standard InChI is InChI=1S/C15H21N5O/c16-14-13-15(18-7-17-14)20(8-19-13)11-5-1-4-10-9(11)3-2-6-12(10)21/h7-12,21H,1-6H2,(H2,16,17,18)/t9-,10-,11-,12+/m0/s1. The molecule has 2 aliphatic rings. The van der Waals surface area contributed by atoms with Crippen LogP contribution in [0.5, 0.6) is 0 Å². The van der Waals surface area contributed by atoms with Crippen molar-refractivity contribution < 1.29 is 5.11 Å². The van der Waals surface area contributed by atoms with Crippen molar-refractivity contribution in [1.29, 1.82) is 0 Å². The number of fused-ring (bicyclic) bond motifs is 2. The van der Waals surface area contributed by atoms with Gasteiger partial charge in [0.2, 0.25) is 0 Å². The molecule has 0 bridgehead atoms. The van der Waals surface area contributed by atoms with Crippen LogP contribution in [0, 0.1) is 11.8 Å². The lowest BCUT2D eigenvalue weighted by atomic mass is 9.67. The van der Waals surface area contributed by atoms with Gasteiger partial charge < -0.3 is 15.4 Å². The first-order valence-electron chi connectivity index (χ1n) is 7.87. The number of nitrogen functional groups attached to an aromatic ring is 1. The van der Waals surface area contributed by atoms with E-state index >= 15 is 0 Å².